The molecule has 0 spiro atoms. The molecule has 1 heterocycles. The van der Waals surface area contributed by atoms with E-state index in [1.807, 2.05) is 17.5 Å². The van der Waals surface area contributed by atoms with E-state index >= 15 is 0 Å². The van der Waals surface area contributed by atoms with Crippen molar-refractivity contribution in [1.82, 2.24) is 4.90 Å². The van der Waals surface area contributed by atoms with Crippen LogP contribution >= 0.6 is 34.7 Å². The minimum atomic E-state index is -0.136. The fourth-order valence-corrected chi connectivity index (χ4v) is 3.67. The van der Waals surface area contributed by atoms with Gasteiger partial charge in [-0.1, -0.05) is 17.7 Å². The minimum absolute atomic E-state index is 0.135. The average Bonchev–Trinajstić information content (AvgIpc) is 3.02. The molecule has 1 aromatic heterocycles. The van der Waals surface area contributed by atoms with Gasteiger partial charge in [-0.2, -0.15) is 0 Å². The van der Waals surface area contributed by atoms with E-state index in [9.17, 15) is 9.59 Å². The first-order valence-electron chi connectivity index (χ1n) is 6.88. The van der Waals surface area contributed by atoms with Crippen molar-refractivity contribution < 1.29 is 9.59 Å². The molecule has 2 amide bonds. The first kappa shape index (κ1) is 17.8. The van der Waals surface area contributed by atoms with Gasteiger partial charge in [-0.15, -0.1) is 23.1 Å². The topological polar surface area (TPSA) is 49.4 Å². The molecule has 1 N–H and O–H groups in total. The van der Waals surface area contributed by atoms with Gasteiger partial charge in [0.05, 0.1) is 16.5 Å². The number of carbonyl (C=O) groups excluding carboxylic acids is 2. The Hall–Kier alpha value is -1.50. The van der Waals surface area contributed by atoms with Crippen LogP contribution in [0, 0.1) is 0 Å². The lowest BCUT2D eigenvalue weighted by Gasteiger charge is -2.13. The molecule has 122 valence electrons. The molecule has 0 unspecified atom stereocenters. The summed E-state index contributed by atoms with van der Waals surface area (Å²) in [6, 6.07) is 8.90. The second kappa shape index (κ2) is 8.38. The van der Waals surface area contributed by atoms with E-state index in [-0.39, 0.29) is 11.8 Å². The van der Waals surface area contributed by atoms with Crippen LogP contribution in [0.25, 0.3) is 0 Å². The summed E-state index contributed by atoms with van der Waals surface area (Å²) in [4.78, 5) is 26.7. The summed E-state index contributed by atoms with van der Waals surface area (Å²) in [7, 11) is 3.35. The lowest BCUT2D eigenvalue weighted by Crippen LogP contribution is -2.22. The number of benzene rings is 1. The number of anilines is 1. The van der Waals surface area contributed by atoms with Crippen LogP contribution in [-0.2, 0) is 10.5 Å². The lowest BCUT2D eigenvalue weighted by atomic mass is 10.2. The highest BCUT2D eigenvalue weighted by atomic mass is 35.5. The van der Waals surface area contributed by atoms with E-state index < -0.39 is 0 Å². The van der Waals surface area contributed by atoms with Crippen molar-refractivity contribution in [2.24, 2.45) is 0 Å². The summed E-state index contributed by atoms with van der Waals surface area (Å²) in [5.41, 5.74) is 0.946. The van der Waals surface area contributed by atoms with E-state index in [0.717, 1.165) is 5.75 Å². The van der Waals surface area contributed by atoms with Gasteiger partial charge in [0.1, 0.15) is 0 Å². The fourth-order valence-electron chi connectivity index (χ4n) is 1.84. The molecule has 0 fully saturated rings. The molecule has 0 bridgehead atoms. The van der Waals surface area contributed by atoms with Crippen LogP contribution in [-0.4, -0.2) is 36.6 Å². The Kier molecular flexibility index (Phi) is 6.50. The third kappa shape index (κ3) is 5.27. The molecule has 0 radical (unpaired) electrons. The van der Waals surface area contributed by atoms with Crippen molar-refractivity contribution in [2.75, 3.05) is 25.2 Å². The molecular formula is C16H17ClN2O2S2. The van der Waals surface area contributed by atoms with Crippen molar-refractivity contribution in [3.05, 3.63) is 51.2 Å². The summed E-state index contributed by atoms with van der Waals surface area (Å²) in [6.07, 6.45) is 0. The van der Waals surface area contributed by atoms with Gasteiger partial charge in [-0.3, -0.25) is 9.59 Å². The number of thioether (sulfide) groups is 1. The van der Waals surface area contributed by atoms with Gasteiger partial charge in [0.25, 0.3) is 5.91 Å². The maximum absolute atomic E-state index is 12.0. The molecule has 2 aromatic rings. The maximum Gasteiger partial charge on any atom is 0.253 e. The summed E-state index contributed by atoms with van der Waals surface area (Å²) < 4.78 is 0. The van der Waals surface area contributed by atoms with E-state index in [2.05, 4.69) is 5.32 Å². The summed E-state index contributed by atoms with van der Waals surface area (Å²) in [6.45, 7) is 0. The SMILES string of the molecule is CN(C)C(=O)c1ccc(Cl)c(NC(=O)CSCc2cccs2)c1. The van der Waals surface area contributed by atoms with Gasteiger partial charge in [-0.25, -0.2) is 0 Å². The van der Waals surface area contributed by atoms with Crippen molar-refractivity contribution >= 4 is 52.2 Å². The van der Waals surface area contributed by atoms with Gasteiger partial charge in [0.2, 0.25) is 5.91 Å². The third-order valence-corrected chi connectivity index (χ3v) is 5.32. The highest BCUT2D eigenvalue weighted by molar-refractivity contribution is 7.99. The molecule has 4 nitrogen and oxygen atoms in total. The average molecular weight is 369 g/mol. The second-order valence-electron chi connectivity index (χ2n) is 5.01. The molecule has 0 aliphatic carbocycles. The summed E-state index contributed by atoms with van der Waals surface area (Å²) in [5.74, 6) is 0.866. The predicted molar refractivity (Wildman–Crippen MR) is 98.6 cm³/mol. The van der Waals surface area contributed by atoms with Crippen molar-refractivity contribution in [2.45, 2.75) is 5.75 Å². The standard InChI is InChI=1S/C16H17ClN2O2S2/c1-19(2)16(21)11-5-6-13(17)14(8-11)18-15(20)10-22-9-12-4-3-7-23-12/h3-8H,9-10H2,1-2H3,(H,18,20). The Morgan fingerprint density at radius 2 is 2.09 bits per heavy atom. The highest BCUT2D eigenvalue weighted by Crippen LogP contribution is 2.24. The Balaban J connectivity index is 1.94. The number of carbonyl (C=O) groups is 2. The summed E-state index contributed by atoms with van der Waals surface area (Å²) in [5, 5.41) is 5.20. The van der Waals surface area contributed by atoms with Crippen LogP contribution in [0.5, 0.6) is 0 Å². The lowest BCUT2D eigenvalue weighted by molar-refractivity contribution is -0.113. The number of hydrogen-bond acceptors (Lipinski definition) is 4. The number of halogens is 1. The molecule has 2 rings (SSSR count). The summed E-state index contributed by atoms with van der Waals surface area (Å²) >= 11 is 9.31. The molecule has 23 heavy (non-hydrogen) atoms. The quantitative estimate of drug-likeness (QED) is 0.839. The minimum Gasteiger partial charge on any atom is -0.345 e. The van der Waals surface area contributed by atoms with E-state index in [1.54, 1.807) is 43.6 Å². The number of rotatable bonds is 6. The molecule has 0 atom stereocenters. The Morgan fingerprint density at radius 1 is 1.30 bits per heavy atom. The van der Waals surface area contributed by atoms with E-state index in [1.165, 1.54) is 21.5 Å². The number of thiophene rings is 1. The molecule has 0 saturated carbocycles. The van der Waals surface area contributed by atoms with Crippen molar-refractivity contribution in [3.63, 3.8) is 0 Å². The predicted octanol–water partition coefficient (Wildman–Crippen LogP) is 3.98. The Morgan fingerprint density at radius 3 is 2.74 bits per heavy atom. The van der Waals surface area contributed by atoms with Crippen LogP contribution in [0.15, 0.2) is 35.7 Å². The Labute approximate surface area is 148 Å². The van der Waals surface area contributed by atoms with Gasteiger partial charge >= 0.3 is 0 Å². The molecule has 0 saturated heterocycles. The first-order valence-corrected chi connectivity index (χ1v) is 9.30. The number of nitrogens with one attached hydrogen (secondary N) is 1. The monoisotopic (exact) mass is 368 g/mol. The van der Waals surface area contributed by atoms with Gasteiger partial charge in [-0.05, 0) is 29.6 Å². The van der Waals surface area contributed by atoms with Crippen LogP contribution in [0.1, 0.15) is 15.2 Å². The largest absolute Gasteiger partial charge is 0.345 e. The zero-order valence-corrected chi connectivity index (χ0v) is 15.2. The van der Waals surface area contributed by atoms with Gasteiger partial charge in [0, 0.05) is 30.3 Å². The zero-order valence-electron chi connectivity index (χ0n) is 12.8. The van der Waals surface area contributed by atoms with Crippen molar-refractivity contribution in [3.8, 4) is 0 Å². The van der Waals surface area contributed by atoms with E-state index in [0.29, 0.717) is 22.0 Å². The maximum atomic E-state index is 12.0. The van der Waals surface area contributed by atoms with Gasteiger partial charge < -0.3 is 10.2 Å². The van der Waals surface area contributed by atoms with Crippen LogP contribution in [0.4, 0.5) is 5.69 Å². The number of amides is 2. The number of hydrogen-bond donors (Lipinski definition) is 1. The normalized spacial score (nSPS) is 10.4. The molecule has 7 heteroatoms. The molecular weight excluding hydrogens is 352 g/mol. The fraction of sp³-hybridized carbons (Fsp3) is 0.250. The zero-order chi connectivity index (χ0) is 16.8. The van der Waals surface area contributed by atoms with Crippen molar-refractivity contribution in [1.29, 1.82) is 0 Å². The Bertz CT molecular complexity index is 687. The molecule has 0 aliphatic heterocycles. The van der Waals surface area contributed by atoms with Gasteiger partial charge in [0.15, 0.2) is 0 Å². The second-order valence-corrected chi connectivity index (χ2v) is 7.44. The molecule has 0 aliphatic rings. The van der Waals surface area contributed by atoms with E-state index in [4.69, 9.17) is 11.6 Å². The van der Waals surface area contributed by atoms with Crippen LogP contribution in [0.2, 0.25) is 5.02 Å². The van der Waals surface area contributed by atoms with Crippen LogP contribution < -0.4 is 5.32 Å². The number of nitrogens with zero attached hydrogens (tertiary/aromatic N) is 1. The van der Waals surface area contributed by atoms with Crippen LogP contribution in [0.3, 0.4) is 0 Å². The first-order chi connectivity index (χ1) is 11.0. The third-order valence-electron chi connectivity index (χ3n) is 2.95. The highest BCUT2D eigenvalue weighted by Gasteiger charge is 2.12. The molecule has 1 aromatic carbocycles. The smallest absolute Gasteiger partial charge is 0.253 e.